The summed E-state index contributed by atoms with van der Waals surface area (Å²) in [6.07, 6.45) is 0. The van der Waals surface area contributed by atoms with E-state index in [1.165, 1.54) is 63.9 Å². The Morgan fingerprint density at radius 3 is 1.96 bits per heavy atom. The lowest BCUT2D eigenvalue weighted by atomic mass is 10.0. The first-order chi connectivity index (χ1) is 24.3. The molecule has 0 bridgehead atoms. The van der Waals surface area contributed by atoms with Gasteiger partial charge in [-0.2, -0.15) is 0 Å². The van der Waals surface area contributed by atoms with Crippen molar-refractivity contribution < 1.29 is 0 Å². The van der Waals surface area contributed by atoms with Gasteiger partial charge >= 0.3 is 0 Å². The summed E-state index contributed by atoms with van der Waals surface area (Å²) in [5.41, 5.74) is 9.31. The van der Waals surface area contributed by atoms with Crippen molar-refractivity contribution >= 4 is 81.1 Å². The molecule has 0 N–H and O–H groups in total. The fraction of sp³-hybridized carbons (Fsp3) is 0. The molecule has 0 aliphatic rings. The van der Waals surface area contributed by atoms with Crippen molar-refractivity contribution in [3.05, 3.63) is 182 Å². The molecule has 230 valence electrons. The Morgan fingerprint density at radius 2 is 1.08 bits per heavy atom. The number of benzene rings is 8. The summed E-state index contributed by atoms with van der Waals surface area (Å²) in [7, 11) is 0. The fourth-order valence-electron chi connectivity index (χ4n) is 7.51. The van der Waals surface area contributed by atoms with Gasteiger partial charge in [-0.05, 0) is 83.2 Å². The van der Waals surface area contributed by atoms with Crippen molar-refractivity contribution in [2.75, 3.05) is 4.90 Å². The van der Waals surface area contributed by atoms with E-state index in [-0.39, 0.29) is 0 Å². The molecule has 10 rings (SSSR count). The third-order valence-electron chi connectivity index (χ3n) is 9.74. The molecule has 2 heterocycles. The van der Waals surface area contributed by atoms with Crippen LogP contribution >= 0.6 is 11.3 Å². The van der Waals surface area contributed by atoms with E-state index in [0.717, 1.165) is 22.7 Å². The van der Waals surface area contributed by atoms with Crippen LogP contribution in [0.4, 0.5) is 17.1 Å². The average molecular weight is 643 g/mol. The third kappa shape index (κ3) is 4.55. The van der Waals surface area contributed by atoms with Crippen molar-refractivity contribution in [3.63, 3.8) is 0 Å². The molecular formula is C46H30N2S. The van der Waals surface area contributed by atoms with Crippen LogP contribution in [0.5, 0.6) is 0 Å². The van der Waals surface area contributed by atoms with Gasteiger partial charge in [-0.3, -0.25) is 0 Å². The van der Waals surface area contributed by atoms with E-state index in [4.69, 9.17) is 0 Å². The van der Waals surface area contributed by atoms with Gasteiger partial charge in [-0.1, -0.05) is 115 Å². The number of para-hydroxylation sites is 2. The number of rotatable bonds is 5. The molecule has 0 amide bonds. The van der Waals surface area contributed by atoms with E-state index in [1.807, 2.05) is 11.3 Å². The number of hydrogen-bond donors (Lipinski definition) is 0. The number of hydrogen-bond acceptors (Lipinski definition) is 2. The van der Waals surface area contributed by atoms with Gasteiger partial charge in [0, 0.05) is 53.4 Å². The minimum Gasteiger partial charge on any atom is -0.310 e. The van der Waals surface area contributed by atoms with Crippen LogP contribution in [0, 0.1) is 0 Å². The summed E-state index contributed by atoms with van der Waals surface area (Å²) < 4.78 is 5.04. The van der Waals surface area contributed by atoms with Crippen LogP contribution in [0.15, 0.2) is 182 Å². The highest BCUT2D eigenvalue weighted by Crippen LogP contribution is 2.45. The van der Waals surface area contributed by atoms with Gasteiger partial charge in [0.25, 0.3) is 0 Å². The Morgan fingerprint density at radius 1 is 0.388 bits per heavy atom. The van der Waals surface area contributed by atoms with Crippen molar-refractivity contribution in [3.8, 4) is 16.8 Å². The van der Waals surface area contributed by atoms with Crippen LogP contribution in [0.2, 0.25) is 0 Å². The maximum absolute atomic E-state index is 2.45. The molecule has 0 radical (unpaired) electrons. The van der Waals surface area contributed by atoms with Gasteiger partial charge in [0.2, 0.25) is 0 Å². The molecule has 0 saturated heterocycles. The second-order valence-corrected chi connectivity index (χ2v) is 13.7. The zero-order valence-electron chi connectivity index (χ0n) is 26.6. The van der Waals surface area contributed by atoms with E-state index in [2.05, 4.69) is 191 Å². The number of fused-ring (bicyclic) bond motifs is 7. The molecule has 0 aliphatic carbocycles. The Hall–Kier alpha value is -6.16. The molecule has 0 fully saturated rings. The predicted octanol–water partition coefficient (Wildman–Crippen LogP) is 13.4. The summed E-state index contributed by atoms with van der Waals surface area (Å²) in [5.74, 6) is 0. The van der Waals surface area contributed by atoms with Crippen molar-refractivity contribution in [2.24, 2.45) is 0 Å². The average Bonchev–Trinajstić information content (AvgIpc) is 3.70. The predicted molar refractivity (Wildman–Crippen MR) is 211 cm³/mol. The fourth-order valence-corrected chi connectivity index (χ4v) is 8.65. The molecular weight excluding hydrogens is 613 g/mol. The normalized spacial score (nSPS) is 11.7. The zero-order chi connectivity index (χ0) is 32.3. The molecule has 2 nitrogen and oxygen atoms in total. The molecule has 0 saturated carbocycles. The third-order valence-corrected chi connectivity index (χ3v) is 10.9. The molecule has 49 heavy (non-hydrogen) atoms. The van der Waals surface area contributed by atoms with E-state index in [0.29, 0.717) is 0 Å². The lowest BCUT2D eigenvalue weighted by molar-refractivity contribution is 1.18. The summed E-state index contributed by atoms with van der Waals surface area (Å²) in [4.78, 5) is 2.45. The van der Waals surface area contributed by atoms with Gasteiger partial charge in [-0.15, -0.1) is 11.3 Å². The largest absolute Gasteiger partial charge is 0.310 e. The van der Waals surface area contributed by atoms with Crippen molar-refractivity contribution in [1.29, 1.82) is 0 Å². The van der Waals surface area contributed by atoms with Gasteiger partial charge < -0.3 is 9.47 Å². The molecule has 8 aromatic carbocycles. The summed E-state index contributed by atoms with van der Waals surface area (Å²) >= 11 is 1.87. The van der Waals surface area contributed by atoms with E-state index < -0.39 is 0 Å². The minimum absolute atomic E-state index is 1.11. The van der Waals surface area contributed by atoms with Crippen LogP contribution in [0.1, 0.15) is 0 Å². The van der Waals surface area contributed by atoms with E-state index >= 15 is 0 Å². The Bertz CT molecular complexity index is 2830. The summed E-state index contributed by atoms with van der Waals surface area (Å²) in [5, 5.41) is 7.57. The Kier molecular flexibility index (Phi) is 6.39. The van der Waals surface area contributed by atoms with E-state index in [1.54, 1.807) is 0 Å². The molecule has 3 heteroatoms. The Labute approximate surface area is 288 Å². The molecule has 2 aromatic heterocycles. The molecule has 0 atom stereocenters. The first kappa shape index (κ1) is 27.9. The standard InChI is InChI=1S/C46H30N2S/c1-3-13-31(14-4-1)32-15-11-19-35(27-32)47(43-23-12-16-33-28-46-41(30-40(33)43)39-21-8-10-24-45(39)49-46)36-25-26-38-37-20-7-9-22-42(37)48(44(38)29-36)34-17-5-2-6-18-34/h1-30H. The smallest absolute Gasteiger partial charge is 0.0561 e. The zero-order valence-corrected chi connectivity index (χ0v) is 27.4. The van der Waals surface area contributed by atoms with Crippen LogP contribution in [0.25, 0.3) is 69.6 Å². The number of nitrogens with zero attached hydrogens (tertiary/aromatic N) is 2. The SMILES string of the molecule is c1ccc(-c2cccc(N(c3ccc4c5ccccc5n(-c5ccccc5)c4c3)c3cccc4cc5sc6ccccc6c5cc34)c2)cc1. The second kappa shape index (κ2) is 11.2. The van der Waals surface area contributed by atoms with Gasteiger partial charge in [-0.25, -0.2) is 0 Å². The molecule has 0 aliphatic heterocycles. The van der Waals surface area contributed by atoms with Gasteiger partial charge in [0.15, 0.2) is 0 Å². The Balaban J connectivity index is 1.27. The molecule has 0 spiro atoms. The van der Waals surface area contributed by atoms with Crippen LogP contribution in [-0.2, 0) is 0 Å². The first-order valence-corrected chi connectivity index (χ1v) is 17.5. The van der Waals surface area contributed by atoms with Crippen LogP contribution < -0.4 is 4.90 Å². The number of thiophene rings is 1. The lowest BCUT2D eigenvalue weighted by Crippen LogP contribution is -2.11. The number of aromatic nitrogens is 1. The maximum Gasteiger partial charge on any atom is 0.0561 e. The monoisotopic (exact) mass is 642 g/mol. The highest BCUT2D eigenvalue weighted by atomic mass is 32.1. The minimum atomic E-state index is 1.11. The van der Waals surface area contributed by atoms with Crippen LogP contribution in [0.3, 0.4) is 0 Å². The van der Waals surface area contributed by atoms with E-state index in [9.17, 15) is 0 Å². The van der Waals surface area contributed by atoms with Crippen LogP contribution in [-0.4, -0.2) is 4.57 Å². The van der Waals surface area contributed by atoms with Crippen molar-refractivity contribution in [1.82, 2.24) is 4.57 Å². The van der Waals surface area contributed by atoms with Gasteiger partial charge in [0.05, 0.1) is 16.7 Å². The second-order valence-electron chi connectivity index (χ2n) is 12.6. The molecule has 0 unspecified atom stereocenters. The summed E-state index contributed by atoms with van der Waals surface area (Å²) in [6, 6.07) is 66.3. The first-order valence-electron chi connectivity index (χ1n) is 16.7. The van der Waals surface area contributed by atoms with Crippen molar-refractivity contribution in [2.45, 2.75) is 0 Å². The highest BCUT2D eigenvalue weighted by Gasteiger charge is 2.20. The van der Waals surface area contributed by atoms with Gasteiger partial charge in [0.1, 0.15) is 0 Å². The lowest BCUT2D eigenvalue weighted by Gasteiger charge is -2.28. The maximum atomic E-state index is 2.45. The highest BCUT2D eigenvalue weighted by molar-refractivity contribution is 7.25. The number of anilines is 3. The molecule has 10 aromatic rings. The summed E-state index contributed by atoms with van der Waals surface area (Å²) in [6.45, 7) is 0. The quantitative estimate of drug-likeness (QED) is 0.181. The topological polar surface area (TPSA) is 8.17 Å².